The topological polar surface area (TPSA) is 111 Å². The molecule has 0 bridgehead atoms. The Morgan fingerprint density at radius 3 is 2.38 bits per heavy atom. The molecule has 0 N–H and O–H groups in total. The van der Waals surface area contributed by atoms with E-state index in [1.165, 1.54) is 4.90 Å². The standard InChI is InChI=1S/C15H22N4O6S/c1-17-4-3-16-13(17)14(21)19-6-8-25-15(11-19)10-18(5-7-24-15)12(20)9-26(2,22)23/h3-4H,5-11H2,1-2H3. The molecule has 1 spiro atoms. The molecule has 0 saturated carbocycles. The third-order valence-electron chi connectivity index (χ3n) is 4.35. The number of sulfone groups is 1. The molecule has 0 radical (unpaired) electrons. The van der Waals surface area contributed by atoms with Gasteiger partial charge < -0.3 is 23.8 Å². The first-order chi connectivity index (χ1) is 12.2. The molecule has 2 fully saturated rings. The number of rotatable bonds is 3. The molecule has 144 valence electrons. The molecule has 0 aromatic carbocycles. The van der Waals surface area contributed by atoms with Crippen molar-refractivity contribution in [3.8, 4) is 0 Å². The smallest absolute Gasteiger partial charge is 0.290 e. The first-order valence-corrected chi connectivity index (χ1v) is 10.3. The Morgan fingerprint density at radius 2 is 1.81 bits per heavy atom. The molecule has 2 aliphatic heterocycles. The lowest BCUT2D eigenvalue weighted by Gasteiger charge is -2.47. The van der Waals surface area contributed by atoms with Crippen LogP contribution in [0.5, 0.6) is 0 Å². The minimum absolute atomic E-state index is 0.0751. The number of hydrogen-bond acceptors (Lipinski definition) is 7. The van der Waals surface area contributed by atoms with Crippen LogP contribution in [0.1, 0.15) is 10.6 Å². The summed E-state index contributed by atoms with van der Waals surface area (Å²) in [6.45, 7) is 1.35. The molecular formula is C15H22N4O6S. The van der Waals surface area contributed by atoms with Crippen LogP contribution in [-0.2, 0) is 31.2 Å². The predicted molar refractivity (Wildman–Crippen MR) is 90.0 cm³/mol. The van der Waals surface area contributed by atoms with Crippen LogP contribution in [0.15, 0.2) is 12.4 Å². The van der Waals surface area contributed by atoms with Crippen molar-refractivity contribution in [2.75, 3.05) is 51.4 Å². The Kier molecular flexibility index (Phi) is 5.04. The molecule has 26 heavy (non-hydrogen) atoms. The predicted octanol–water partition coefficient (Wildman–Crippen LogP) is -1.51. The van der Waals surface area contributed by atoms with Gasteiger partial charge in [-0.15, -0.1) is 0 Å². The van der Waals surface area contributed by atoms with Gasteiger partial charge in [0.2, 0.25) is 11.7 Å². The van der Waals surface area contributed by atoms with E-state index in [2.05, 4.69) is 4.98 Å². The van der Waals surface area contributed by atoms with Crippen LogP contribution >= 0.6 is 0 Å². The number of aryl methyl sites for hydroxylation is 1. The number of aromatic nitrogens is 2. The highest BCUT2D eigenvalue weighted by Gasteiger charge is 2.45. The Balaban J connectivity index is 1.72. The van der Waals surface area contributed by atoms with Crippen LogP contribution in [-0.4, -0.2) is 96.8 Å². The molecule has 11 heteroatoms. The van der Waals surface area contributed by atoms with Crippen molar-refractivity contribution >= 4 is 21.7 Å². The Hall–Kier alpha value is -1.98. The quantitative estimate of drug-likeness (QED) is 0.621. The Labute approximate surface area is 151 Å². The summed E-state index contributed by atoms with van der Waals surface area (Å²) in [6.07, 6.45) is 4.25. The third-order valence-corrected chi connectivity index (χ3v) is 5.13. The molecule has 3 rings (SSSR count). The van der Waals surface area contributed by atoms with E-state index in [0.29, 0.717) is 12.4 Å². The maximum Gasteiger partial charge on any atom is 0.290 e. The van der Waals surface area contributed by atoms with E-state index in [-0.39, 0.29) is 38.8 Å². The number of ether oxygens (including phenoxy) is 2. The van der Waals surface area contributed by atoms with E-state index in [1.54, 1.807) is 28.9 Å². The zero-order chi connectivity index (χ0) is 18.9. The van der Waals surface area contributed by atoms with Crippen molar-refractivity contribution in [3.05, 3.63) is 18.2 Å². The highest BCUT2D eigenvalue weighted by Crippen LogP contribution is 2.25. The van der Waals surface area contributed by atoms with Gasteiger partial charge in [-0.1, -0.05) is 0 Å². The van der Waals surface area contributed by atoms with Crippen LogP contribution < -0.4 is 0 Å². The van der Waals surface area contributed by atoms with Gasteiger partial charge in [0.1, 0.15) is 5.75 Å². The summed E-state index contributed by atoms with van der Waals surface area (Å²) in [7, 11) is -1.69. The second-order valence-corrected chi connectivity index (χ2v) is 8.72. The van der Waals surface area contributed by atoms with E-state index in [0.717, 1.165) is 6.26 Å². The molecule has 2 amide bonds. The largest absolute Gasteiger partial charge is 0.345 e. The third kappa shape index (κ3) is 4.05. The van der Waals surface area contributed by atoms with Crippen LogP contribution in [0.4, 0.5) is 0 Å². The van der Waals surface area contributed by atoms with Gasteiger partial charge in [0.15, 0.2) is 15.7 Å². The molecule has 1 unspecified atom stereocenters. The van der Waals surface area contributed by atoms with Gasteiger partial charge in [0, 0.05) is 38.8 Å². The summed E-state index contributed by atoms with van der Waals surface area (Å²) in [5.41, 5.74) is 0. The second-order valence-electron chi connectivity index (χ2n) is 6.58. The number of nitrogens with zero attached hydrogens (tertiary/aromatic N) is 4. The highest BCUT2D eigenvalue weighted by atomic mass is 32.2. The lowest BCUT2D eigenvalue weighted by molar-refractivity contribution is -0.284. The average molecular weight is 386 g/mol. The first kappa shape index (κ1) is 18.8. The first-order valence-electron chi connectivity index (χ1n) is 8.19. The molecule has 0 aliphatic carbocycles. The minimum atomic E-state index is -3.42. The van der Waals surface area contributed by atoms with Crippen molar-refractivity contribution < 1.29 is 27.5 Å². The SMILES string of the molecule is Cn1ccnc1C(=O)N1CCOC2(CN(C(=O)CS(C)(=O)=O)CCO2)C1. The van der Waals surface area contributed by atoms with Crippen molar-refractivity contribution in [1.82, 2.24) is 19.4 Å². The van der Waals surface area contributed by atoms with Crippen molar-refractivity contribution in [2.24, 2.45) is 7.05 Å². The number of carbonyl (C=O) groups excluding carboxylic acids is 2. The van der Waals surface area contributed by atoms with E-state index >= 15 is 0 Å². The fourth-order valence-corrected chi connectivity index (χ4v) is 3.74. The van der Waals surface area contributed by atoms with E-state index in [4.69, 9.17) is 9.47 Å². The Bertz CT molecular complexity index is 803. The molecule has 2 saturated heterocycles. The van der Waals surface area contributed by atoms with Gasteiger partial charge >= 0.3 is 0 Å². The monoisotopic (exact) mass is 386 g/mol. The van der Waals surface area contributed by atoms with Crippen LogP contribution in [0.3, 0.4) is 0 Å². The number of morpholine rings is 2. The zero-order valence-electron chi connectivity index (χ0n) is 14.8. The fraction of sp³-hybridized carbons (Fsp3) is 0.667. The number of hydrogen-bond donors (Lipinski definition) is 0. The number of amides is 2. The Morgan fingerprint density at radius 1 is 1.19 bits per heavy atom. The lowest BCUT2D eigenvalue weighted by Crippen LogP contribution is -2.64. The summed E-state index contributed by atoms with van der Waals surface area (Å²) in [4.78, 5) is 32.0. The van der Waals surface area contributed by atoms with Gasteiger partial charge in [0.25, 0.3) is 5.91 Å². The molecule has 2 aliphatic rings. The van der Waals surface area contributed by atoms with E-state index < -0.39 is 27.3 Å². The van der Waals surface area contributed by atoms with Crippen LogP contribution in [0.2, 0.25) is 0 Å². The molecule has 10 nitrogen and oxygen atoms in total. The van der Waals surface area contributed by atoms with Gasteiger partial charge in [-0.25, -0.2) is 13.4 Å². The van der Waals surface area contributed by atoms with Gasteiger partial charge in [-0.3, -0.25) is 9.59 Å². The fourth-order valence-electron chi connectivity index (χ4n) is 3.11. The maximum absolute atomic E-state index is 12.7. The minimum Gasteiger partial charge on any atom is -0.345 e. The van der Waals surface area contributed by atoms with Gasteiger partial charge in [-0.2, -0.15) is 0 Å². The lowest BCUT2D eigenvalue weighted by atomic mass is 10.1. The summed E-state index contributed by atoms with van der Waals surface area (Å²) in [6, 6.07) is 0. The van der Waals surface area contributed by atoms with Crippen molar-refractivity contribution in [3.63, 3.8) is 0 Å². The summed E-state index contributed by atoms with van der Waals surface area (Å²) in [5, 5.41) is 0. The number of imidazole rings is 1. The highest BCUT2D eigenvalue weighted by molar-refractivity contribution is 7.91. The molecule has 1 aromatic rings. The maximum atomic E-state index is 12.7. The normalized spacial score (nSPS) is 24.1. The van der Waals surface area contributed by atoms with E-state index in [1.807, 2.05) is 0 Å². The van der Waals surface area contributed by atoms with Gasteiger partial charge in [0.05, 0.1) is 26.3 Å². The molecular weight excluding hydrogens is 364 g/mol. The summed E-state index contributed by atoms with van der Waals surface area (Å²) < 4.78 is 35.9. The number of carbonyl (C=O) groups is 2. The molecule has 1 atom stereocenters. The van der Waals surface area contributed by atoms with Crippen LogP contribution in [0.25, 0.3) is 0 Å². The zero-order valence-corrected chi connectivity index (χ0v) is 15.6. The summed E-state index contributed by atoms with van der Waals surface area (Å²) in [5.74, 6) is -2.14. The summed E-state index contributed by atoms with van der Waals surface area (Å²) >= 11 is 0. The van der Waals surface area contributed by atoms with E-state index in [9.17, 15) is 18.0 Å². The molecule has 1 aromatic heterocycles. The van der Waals surface area contributed by atoms with Gasteiger partial charge in [-0.05, 0) is 0 Å². The van der Waals surface area contributed by atoms with Crippen LogP contribution in [0, 0.1) is 0 Å². The second kappa shape index (κ2) is 6.97. The molecule has 3 heterocycles. The van der Waals surface area contributed by atoms with Crippen molar-refractivity contribution in [2.45, 2.75) is 5.79 Å². The van der Waals surface area contributed by atoms with Crippen molar-refractivity contribution in [1.29, 1.82) is 0 Å². The average Bonchev–Trinajstić information content (AvgIpc) is 2.99.